The van der Waals surface area contributed by atoms with E-state index in [1.54, 1.807) is 0 Å². The molecule has 1 fully saturated rings. The number of hydrogen-bond acceptors (Lipinski definition) is 3. The summed E-state index contributed by atoms with van der Waals surface area (Å²) in [6.07, 6.45) is 2.67. The first-order valence-corrected chi connectivity index (χ1v) is 7.37. The van der Waals surface area contributed by atoms with Crippen LogP contribution in [0.25, 0.3) is 0 Å². The van der Waals surface area contributed by atoms with Gasteiger partial charge in [0.05, 0.1) is 0 Å². The monoisotopic (exact) mass is 262 g/mol. The van der Waals surface area contributed by atoms with Gasteiger partial charge in [-0.15, -0.1) is 0 Å². The van der Waals surface area contributed by atoms with Crippen LogP contribution in [0.2, 0.25) is 0 Å². The lowest BCUT2D eigenvalue weighted by Gasteiger charge is -2.17. The summed E-state index contributed by atoms with van der Waals surface area (Å²) >= 11 is 0. The lowest BCUT2D eigenvalue weighted by atomic mass is 9.95. The van der Waals surface area contributed by atoms with E-state index in [0.29, 0.717) is 5.92 Å². The lowest BCUT2D eigenvalue weighted by molar-refractivity contribution is 0.237. The molecule has 19 heavy (non-hydrogen) atoms. The third-order valence-corrected chi connectivity index (χ3v) is 4.07. The van der Waals surface area contributed by atoms with Gasteiger partial charge in [0.2, 0.25) is 0 Å². The van der Waals surface area contributed by atoms with Gasteiger partial charge in [-0.2, -0.15) is 0 Å². The largest absolute Gasteiger partial charge is 0.492 e. The fourth-order valence-corrected chi connectivity index (χ4v) is 2.47. The van der Waals surface area contributed by atoms with Crippen molar-refractivity contribution in [3.8, 4) is 5.75 Å². The van der Waals surface area contributed by atoms with Crippen LogP contribution in [-0.4, -0.2) is 37.2 Å². The van der Waals surface area contributed by atoms with Crippen molar-refractivity contribution in [3.05, 3.63) is 29.8 Å². The zero-order chi connectivity index (χ0) is 13.7. The normalized spacial score (nSPS) is 19.3. The molecular formula is C16H26N2O. The Morgan fingerprint density at radius 2 is 1.79 bits per heavy atom. The molecule has 0 aromatic heterocycles. The highest BCUT2D eigenvalue weighted by molar-refractivity contribution is 5.29. The van der Waals surface area contributed by atoms with Crippen LogP contribution in [0.15, 0.2) is 24.3 Å². The molecule has 0 saturated carbocycles. The van der Waals surface area contributed by atoms with Gasteiger partial charge in [-0.25, -0.2) is 0 Å². The maximum absolute atomic E-state index is 5.92. The van der Waals surface area contributed by atoms with Crippen LogP contribution in [0.4, 0.5) is 0 Å². The molecule has 1 heterocycles. The maximum atomic E-state index is 5.92. The molecule has 2 N–H and O–H groups in total. The van der Waals surface area contributed by atoms with Gasteiger partial charge in [0.1, 0.15) is 12.4 Å². The molecular weight excluding hydrogens is 236 g/mol. The van der Waals surface area contributed by atoms with Crippen molar-refractivity contribution >= 4 is 0 Å². The Hall–Kier alpha value is -1.06. The predicted molar refractivity (Wildman–Crippen MR) is 79.7 cm³/mol. The fraction of sp³-hybridized carbons (Fsp3) is 0.625. The van der Waals surface area contributed by atoms with Crippen molar-refractivity contribution < 1.29 is 4.74 Å². The number of hydrogen-bond donors (Lipinski definition) is 1. The first kappa shape index (κ1) is 14.4. The Morgan fingerprint density at radius 1 is 1.16 bits per heavy atom. The molecule has 0 radical (unpaired) electrons. The molecule has 106 valence electrons. The molecule has 2 unspecified atom stereocenters. The second-order valence-corrected chi connectivity index (χ2v) is 5.61. The average Bonchev–Trinajstić information content (AvgIpc) is 2.92. The van der Waals surface area contributed by atoms with Gasteiger partial charge >= 0.3 is 0 Å². The highest BCUT2D eigenvalue weighted by atomic mass is 16.5. The molecule has 1 saturated heterocycles. The van der Waals surface area contributed by atoms with E-state index in [4.69, 9.17) is 10.5 Å². The summed E-state index contributed by atoms with van der Waals surface area (Å²) < 4.78 is 5.79. The Kier molecular flexibility index (Phi) is 5.23. The Labute approximate surface area is 116 Å². The molecule has 0 bridgehead atoms. The second-order valence-electron chi connectivity index (χ2n) is 5.61. The summed E-state index contributed by atoms with van der Waals surface area (Å²) in [6.45, 7) is 8.49. The van der Waals surface area contributed by atoms with Gasteiger partial charge in [-0.1, -0.05) is 19.1 Å². The van der Waals surface area contributed by atoms with Crippen molar-refractivity contribution in [1.29, 1.82) is 0 Å². The van der Waals surface area contributed by atoms with Crippen LogP contribution in [0.1, 0.15) is 38.2 Å². The number of benzene rings is 1. The molecule has 1 aliphatic heterocycles. The van der Waals surface area contributed by atoms with E-state index in [9.17, 15) is 0 Å². The number of nitrogens with two attached hydrogens (primary N) is 1. The van der Waals surface area contributed by atoms with E-state index in [-0.39, 0.29) is 6.04 Å². The van der Waals surface area contributed by atoms with Crippen molar-refractivity contribution in [3.63, 3.8) is 0 Å². The summed E-state index contributed by atoms with van der Waals surface area (Å²) in [5, 5.41) is 0. The first-order valence-electron chi connectivity index (χ1n) is 7.37. The number of likely N-dealkylation sites (tertiary alicyclic amines) is 1. The quantitative estimate of drug-likeness (QED) is 0.856. The molecule has 0 aliphatic carbocycles. The minimum Gasteiger partial charge on any atom is -0.492 e. The Morgan fingerprint density at radius 3 is 2.37 bits per heavy atom. The summed E-state index contributed by atoms with van der Waals surface area (Å²) in [5.74, 6) is 1.35. The third kappa shape index (κ3) is 4.22. The van der Waals surface area contributed by atoms with Crippen molar-refractivity contribution in [2.45, 2.75) is 38.6 Å². The zero-order valence-electron chi connectivity index (χ0n) is 12.1. The zero-order valence-corrected chi connectivity index (χ0v) is 12.1. The number of nitrogens with zero attached hydrogens (tertiary/aromatic N) is 1. The van der Waals surface area contributed by atoms with Crippen molar-refractivity contribution in [1.82, 2.24) is 4.90 Å². The SMILES string of the molecule is CC(N)C(C)c1ccc(OCCN2CCCC2)cc1. The minimum absolute atomic E-state index is 0.182. The van der Waals surface area contributed by atoms with E-state index in [2.05, 4.69) is 36.1 Å². The molecule has 0 amide bonds. The summed E-state index contributed by atoms with van der Waals surface area (Å²) in [7, 11) is 0. The molecule has 1 aliphatic rings. The summed E-state index contributed by atoms with van der Waals surface area (Å²) in [5.41, 5.74) is 7.20. The lowest BCUT2D eigenvalue weighted by Crippen LogP contribution is -2.25. The highest BCUT2D eigenvalue weighted by Crippen LogP contribution is 2.21. The standard InChI is InChI=1S/C16H26N2O/c1-13(14(2)17)15-5-7-16(8-6-15)19-12-11-18-9-3-4-10-18/h5-8,13-14H,3-4,9-12,17H2,1-2H3. The van der Waals surface area contributed by atoms with Gasteiger partial charge in [-0.3, -0.25) is 4.90 Å². The smallest absolute Gasteiger partial charge is 0.119 e. The van der Waals surface area contributed by atoms with Crippen molar-refractivity contribution in [2.75, 3.05) is 26.2 Å². The maximum Gasteiger partial charge on any atom is 0.119 e. The van der Waals surface area contributed by atoms with Crippen LogP contribution >= 0.6 is 0 Å². The molecule has 1 aromatic carbocycles. The predicted octanol–water partition coefficient (Wildman–Crippen LogP) is 2.61. The first-order chi connectivity index (χ1) is 9.16. The van der Waals surface area contributed by atoms with Crippen LogP contribution in [0.3, 0.4) is 0 Å². The van der Waals surface area contributed by atoms with Crippen LogP contribution in [0, 0.1) is 0 Å². The van der Waals surface area contributed by atoms with Gasteiger partial charge in [0, 0.05) is 12.6 Å². The van der Waals surface area contributed by atoms with Gasteiger partial charge < -0.3 is 10.5 Å². The molecule has 2 atom stereocenters. The van der Waals surface area contributed by atoms with Crippen LogP contribution < -0.4 is 10.5 Å². The minimum atomic E-state index is 0.182. The van der Waals surface area contributed by atoms with Gasteiger partial charge in [-0.05, 0) is 56.5 Å². The topological polar surface area (TPSA) is 38.5 Å². The summed E-state index contributed by atoms with van der Waals surface area (Å²) in [6, 6.07) is 8.54. The van der Waals surface area contributed by atoms with Crippen LogP contribution in [-0.2, 0) is 0 Å². The molecule has 0 spiro atoms. The molecule has 2 rings (SSSR count). The Bertz CT molecular complexity index is 369. The van der Waals surface area contributed by atoms with Gasteiger partial charge in [0.25, 0.3) is 0 Å². The van der Waals surface area contributed by atoms with E-state index in [1.165, 1.54) is 31.5 Å². The number of rotatable bonds is 6. The molecule has 1 aromatic rings. The van der Waals surface area contributed by atoms with E-state index in [1.807, 2.05) is 6.92 Å². The van der Waals surface area contributed by atoms with Crippen molar-refractivity contribution in [2.24, 2.45) is 5.73 Å². The highest BCUT2D eigenvalue weighted by Gasteiger charge is 2.11. The Balaban J connectivity index is 1.78. The summed E-state index contributed by atoms with van der Waals surface area (Å²) in [4.78, 5) is 2.46. The van der Waals surface area contributed by atoms with Crippen LogP contribution in [0.5, 0.6) is 5.75 Å². The molecule has 3 nitrogen and oxygen atoms in total. The average molecular weight is 262 g/mol. The third-order valence-electron chi connectivity index (χ3n) is 4.07. The van der Waals surface area contributed by atoms with E-state index >= 15 is 0 Å². The van der Waals surface area contributed by atoms with E-state index < -0.39 is 0 Å². The fourth-order valence-electron chi connectivity index (χ4n) is 2.47. The second kappa shape index (κ2) is 6.92. The van der Waals surface area contributed by atoms with E-state index in [0.717, 1.165) is 18.9 Å². The number of ether oxygens (including phenoxy) is 1. The van der Waals surface area contributed by atoms with Gasteiger partial charge in [0.15, 0.2) is 0 Å². The molecule has 3 heteroatoms.